The van der Waals surface area contributed by atoms with Gasteiger partial charge in [0.2, 0.25) is 0 Å². The first-order valence-electron chi connectivity index (χ1n) is 22.3. The summed E-state index contributed by atoms with van der Waals surface area (Å²) in [7, 11) is 0. The Morgan fingerprint density at radius 3 is 1.89 bits per heavy atom. The van der Waals surface area contributed by atoms with E-state index in [4.69, 9.17) is 18.8 Å². The summed E-state index contributed by atoms with van der Waals surface area (Å²) in [4.78, 5) is 11.8. The number of rotatable bonds is 2. The van der Waals surface area contributed by atoms with Crippen LogP contribution in [0.5, 0.6) is 0 Å². The van der Waals surface area contributed by atoms with Crippen LogP contribution in [0.1, 0.15) is 28.7 Å². The third-order valence-corrected chi connectivity index (χ3v) is 14.0. The summed E-state index contributed by atoms with van der Waals surface area (Å²) in [5.41, 5.74) is 14.2. The molecule has 65 heavy (non-hydrogen) atoms. The first kappa shape index (κ1) is 35.0. The van der Waals surface area contributed by atoms with Gasteiger partial charge in [0, 0.05) is 55.4 Å². The van der Waals surface area contributed by atoms with Crippen LogP contribution >= 0.6 is 0 Å². The van der Waals surface area contributed by atoms with Gasteiger partial charge in [0.15, 0.2) is 5.84 Å². The summed E-state index contributed by atoms with van der Waals surface area (Å²) in [6.07, 6.45) is 1.26. The van der Waals surface area contributed by atoms with Crippen molar-refractivity contribution in [1.82, 2.24) is 4.57 Å². The molecule has 10 aromatic carbocycles. The third-order valence-electron chi connectivity index (χ3n) is 14.0. The van der Waals surface area contributed by atoms with Crippen LogP contribution in [-0.2, 0) is 6.42 Å². The van der Waals surface area contributed by atoms with Crippen LogP contribution in [0, 0.1) is 0 Å². The Morgan fingerprint density at radius 2 is 1.05 bits per heavy atom. The zero-order valence-corrected chi connectivity index (χ0v) is 35.0. The molecule has 5 nitrogen and oxygen atoms in total. The fraction of sp³-hybridized carbons (Fsp3) is 0.0333. The predicted octanol–water partition coefficient (Wildman–Crippen LogP) is 15.6. The van der Waals surface area contributed by atoms with Crippen LogP contribution in [0.4, 0.5) is 0 Å². The lowest BCUT2D eigenvalue weighted by atomic mass is 9.87. The Balaban J connectivity index is 1.18. The number of benzene rings is 10. The van der Waals surface area contributed by atoms with Gasteiger partial charge in [-0.15, -0.1) is 0 Å². The van der Waals surface area contributed by atoms with Crippen molar-refractivity contribution in [2.75, 3.05) is 0 Å². The van der Waals surface area contributed by atoms with Gasteiger partial charge in [-0.3, -0.25) is 0 Å². The summed E-state index contributed by atoms with van der Waals surface area (Å²) in [5.74, 6) is 0.654. The van der Waals surface area contributed by atoms with Crippen LogP contribution in [0.3, 0.4) is 0 Å². The molecule has 0 saturated carbocycles. The number of furan rings is 2. The van der Waals surface area contributed by atoms with Crippen molar-refractivity contribution >= 4 is 115 Å². The summed E-state index contributed by atoms with van der Waals surface area (Å²) in [6, 6.07) is 67.6. The first-order chi connectivity index (χ1) is 32.2. The largest absolute Gasteiger partial charge is 0.456 e. The molecule has 15 rings (SSSR count). The number of fused-ring (bicyclic) bond motifs is 21. The highest BCUT2D eigenvalue weighted by Crippen LogP contribution is 2.48. The molecule has 0 N–H and O–H groups in total. The molecule has 0 saturated heterocycles. The summed E-state index contributed by atoms with van der Waals surface area (Å²) >= 11 is 0. The second-order valence-electron chi connectivity index (χ2n) is 17.6. The molecular formula is C60H35N3O2. The molecule has 2 aliphatic heterocycles. The molecule has 0 atom stereocenters. The number of nitrogens with zero attached hydrogens (tertiary/aromatic N) is 3. The van der Waals surface area contributed by atoms with Crippen molar-refractivity contribution in [3.05, 3.63) is 216 Å². The van der Waals surface area contributed by atoms with Gasteiger partial charge < -0.3 is 13.4 Å². The molecule has 2 aliphatic rings. The van der Waals surface area contributed by atoms with Gasteiger partial charge in [0.1, 0.15) is 22.3 Å². The van der Waals surface area contributed by atoms with Gasteiger partial charge in [-0.05, 0) is 80.9 Å². The molecule has 0 radical (unpaired) electrons. The summed E-state index contributed by atoms with van der Waals surface area (Å²) in [5, 5.41) is 13.5. The number of hydrogen-bond donors (Lipinski definition) is 0. The molecule has 4 bridgehead atoms. The van der Waals surface area contributed by atoms with Gasteiger partial charge in [-0.2, -0.15) is 0 Å². The van der Waals surface area contributed by atoms with Gasteiger partial charge >= 0.3 is 0 Å². The van der Waals surface area contributed by atoms with Crippen LogP contribution in [0.2, 0.25) is 0 Å². The van der Waals surface area contributed by atoms with Gasteiger partial charge in [0.25, 0.3) is 0 Å². The van der Waals surface area contributed by atoms with Crippen molar-refractivity contribution < 1.29 is 8.83 Å². The second-order valence-corrected chi connectivity index (χ2v) is 17.6. The molecule has 302 valence electrons. The molecular weight excluding hydrogens is 795 g/mol. The van der Waals surface area contributed by atoms with Crippen LogP contribution in [-0.4, -0.2) is 16.1 Å². The average molecular weight is 830 g/mol. The van der Waals surface area contributed by atoms with Gasteiger partial charge in [-0.1, -0.05) is 152 Å². The Kier molecular flexibility index (Phi) is 7.00. The van der Waals surface area contributed by atoms with Crippen LogP contribution < -0.4 is 0 Å². The minimum atomic E-state index is 0.571. The smallest absolute Gasteiger partial charge is 0.160 e. The van der Waals surface area contributed by atoms with Crippen LogP contribution in [0.25, 0.3) is 109 Å². The maximum atomic E-state index is 6.99. The van der Waals surface area contributed by atoms with E-state index >= 15 is 0 Å². The Hall–Kier alpha value is -8.54. The number of aromatic nitrogens is 1. The monoisotopic (exact) mass is 829 g/mol. The zero-order chi connectivity index (χ0) is 42.3. The minimum absolute atomic E-state index is 0.571. The molecule has 3 aromatic heterocycles. The molecule has 0 amide bonds. The molecule has 0 spiro atoms. The van der Waals surface area contributed by atoms with E-state index in [2.05, 4.69) is 180 Å². The van der Waals surface area contributed by atoms with E-state index in [9.17, 15) is 0 Å². The van der Waals surface area contributed by atoms with Crippen molar-refractivity contribution in [3.8, 4) is 5.69 Å². The molecule has 0 fully saturated rings. The Bertz CT molecular complexity index is 4360. The lowest BCUT2D eigenvalue weighted by Crippen LogP contribution is -2.13. The van der Waals surface area contributed by atoms with Crippen molar-refractivity contribution in [2.45, 2.75) is 12.8 Å². The van der Waals surface area contributed by atoms with E-state index in [0.29, 0.717) is 18.7 Å². The second kappa shape index (κ2) is 13.0. The minimum Gasteiger partial charge on any atom is -0.456 e. The van der Waals surface area contributed by atoms with E-state index in [1.54, 1.807) is 0 Å². The zero-order valence-electron chi connectivity index (χ0n) is 35.0. The predicted molar refractivity (Wildman–Crippen MR) is 269 cm³/mol. The fourth-order valence-corrected chi connectivity index (χ4v) is 11.2. The normalized spacial score (nSPS) is 14.2. The standard InChI is InChI=1S/C60H35N3O2/c1-2-15-37-33-50-47(31-36(37)14-1)40-28-27-34-29-38-32-48(55-41-18-5-6-19-43(41)59-56(58(55)63(50)49(40)30-34)45-21-8-10-25-52(45)65-59)61-60(62-57(38)42-22-11-16-35-13-3-4-17-39(35)42)46-23-12-26-53-54(46)44-20-7-9-24-51(44)64-53/h1-28,30-31,33H,29,32H2. The number of para-hydroxylation sites is 2. The highest BCUT2D eigenvalue weighted by atomic mass is 16.3. The maximum absolute atomic E-state index is 6.99. The molecule has 0 unspecified atom stereocenters. The van der Waals surface area contributed by atoms with Gasteiger partial charge in [0.05, 0.1) is 33.5 Å². The number of aliphatic imine (C=N–C) groups is 2. The van der Waals surface area contributed by atoms with Crippen molar-refractivity contribution in [2.24, 2.45) is 9.98 Å². The first-order valence-corrected chi connectivity index (χ1v) is 22.3. The van der Waals surface area contributed by atoms with Gasteiger partial charge in [-0.25, -0.2) is 9.98 Å². The van der Waals surface area contributed by atoms with E-state index in [0.717, 1.165) is 105 Å². The molecule has 5 heterocycles. The lowest BCUT2D eigenvalue weighted by molar-refractivity contribution is 0.669. The molecule has 0 aliphatic carbocycles. The maximum Gasteiger partial charge on any atom is 0.160 e. The average Bonchev–Trinajstić information content (AvgIpc) is 3.99. The summed E-state index contributed by atoms with van der Waals surface area (Å²) < 4.78 is 16.0. The Labute approximate surface area is 371 Å². The van der Waals surface area contributed by atoms with Crippen molar-refractivity contribution in [3.63, 3.8) is 0 Å². The molecule has 5 heteroatoms. The quantitative estimate of drug-likeness (QED) is 0.174. The van der Waals surface area contributed by atoms with E-state index in [1.807, 2.05) is 12.1 Å². The van der Waals surface area contributed by atoms with Crippen molar-refractivity contribution in [1.29, 1.82) is 0 Å². The van der Waals surface area contributed by atoms with Crippen LogP contribution in [0.15, 0.2) is 212 Å². The lowest BCUT2D eigenvalue weighted by Gasteiger charge is -2.22. The topological polar surface area (TPSA) is 55.9 Å². The third kappa shape index (κ3) is 4.92. The number of allylic oxidation sites excluding steroid dienone is 1. The van der Waals surface area contributed by atoms with E-state index in [1.165, 1.54) is 38.1 Å². The molecule has 13 aromatic rings. The SMILES string of the molecule is c1ccc2cc3c(cc2c1)c1ccc2cc1n3-c1c(c3ccccc3c3oc4ccccc4c13)C1=NC(c3cccc4oc5ccccc5c34)=NC(c3cccc4ccccc34)=C(C1)C2. The highest BCUT2D eigenvalue weighted by Gasteiger charge is 2.31. The van der Waals surface area contributed by atoms with E-state index in [-0.39, 0.29) is 0 Å². The highest BCUT2D eigenvalue weighted by molar-refractivity contribution is 6.32. The summed E-state index contributed by atoms with van der Waals surface area (Å²) in [6.45, 7) is 0. The number of hydrogen-bond acceptors (Lipinski definition) is 4. The fourth-order valence-electron chi connectivity index (χ4n) is 11.2. The van der Waals surface area contributed by atoms with E-state index < -0.39 is 0 Å². The number of amidine groups is 1. The Morgan fingerprint density at radius 1 is 0.415 bits per heavy atom.